The molecule has 0 saturated carbocycles. The molecule has 1 aromatic heterocycles. The van der Waals surface area contributed by atoms with Crippen LogP contribution in [0.2, 0.25) is 0 Å². The van der Waals surface area contributed by atoms with Gasteiger partial charge in [-0.1, -0.05) is 11.3 Å². The van der Waals surface area contributed by atoms with Gasteiger partial charge in [0.2, 0.25) is 0 Å². The molecule has 0 unspecified atom stereocenters. The van der Waals surface area contributed by atoms with Gasteiger partial charge in [-0.05, 0) is 12.1 Å². The summed E-state index contributed by atoms with van der Waals surface area (Å²) >= 11 is 0. The van der Waals surface area contributed by atoms with Crippen LogP contribution in [0.5, 0.6) is 0 Å². The Bertz CT molecular complexity index is 674. The Kier molecular flexibility index (Phi) is 3.62. The number of nitrogens with two attached hydrogens (primary N) is 1. The third-order valence-corrected chi connectivity index (χ3v) is 2.61. The maximum Gasteiger partial charge on any atom is 0.435 e. The second-order valence-electron chi connectivity index (χ2n) is 4.01. The minimum absolute atomic E-state index is 0.182. The van der Waals surface area contributed by atoms with Gasteiger partial charge in [0, 0.05) is 5.56 Å². The highest BCUT2D eigenvalue weighted by Gasteiger charge is 2.41. The van der Waals surface area contributed by atoms with Gasteiger partial charge in [0.15, 0.2) is 11.4 Å². The van der Waals surface area contributed by atoms with Crippen molar-refractivity contribution in [2.75, 3.05) is 0 Å². The zero-order valence-electron chi connectivity index (χ0n) is 10.2. The van der Waals surface area contributed by atoms with Crippen LogP contribution in [0.1, 0.15) is 21.7 Å². The minimum atomic E-state index is -5.00. The van der Waals surface area contributed by atoms with E-state index in [1.165, 1.54) is 0 Å². The molecular formula is C11H7F5N4O. The van der Waals surface area contributed by atoms with E-state index in [1.807, 2.05) is 0 Å². The lowest BCUT2D eigenvalue weighted by Crippen LogP contribution is -2.22. The van der Waals surface area contributed by atoms with Crippen LogP contribution in [-0.2, 0) is 12.7 Å². The van der Waals surface area contributed by atoms with Crippen LogP contribution in [0.25, 0.3) is 0 Å². The van der Waals surface area contributed by atoms with E-state index in [0.717, 1.165) is 18.2 Å². The van der Waals surface area contributed by atoms with Gasteiger partial charge in [-0.2, -0.15) is 13.2 Å². The van der Waals surface area contributed by atoms with Crippen molar-refractivity contribution in [3.05, 3.63) is 46.8 Å². The van der Waals surface area contributed by atoms with Crippen LogP contribution in [0, 0.1) is 11.6 Å². The highest BCUT2D eigenvalue weighted by molar-refractivity contribution is 5.91. The molecule has 5 nitrogen and oxygen atoms in total. The van der Waals surface area contributed by atoms with E-state index in [1.54, 1.807) is 0 Å². The summed E-state index contributed by atoms with van der Waals surface area (Å²) in [6, 6.07) is 2.84. The fourth-order valence-corrected chi connectivity index (χ4v) is 1.70. The van der Waals surface area contributed by atoms with Gasteiger partial charge in [-0.15, -0.1) is 5.10 Å². The van der Waals surface area contributed by atoms with Crippen molar-refractivity contribution in [2.24, 2.45) is 5.73 Å². The number of nitrogens with zero attached hydrogens (tertiary/aromatic N) is 3. The zero-order valence-corrected chi connectivity index (χ0v) is 10.2. The second kappa shape index (κ2) is 5.11. The van der Waals surface area contributed by atoms with E-state index in [2.05, 4.69) is 10.3 Å². The molecular weight excluding hydrogens is 299 g/mol. The standard InChI is InChI=1S/C11H7F5N4O/c12-6-2-1-3-7(13)5(6)4-20-9(11(14,15)16)8(10(17)21)18-19-20/h1-3H,4H2,(H2,17,21). The first kappa shape index (κ1) is 14.9. The maximum absolute atomic E-state index is 13.5. The largest absolute Gasteiger partial charge is 0.435 e. The van der Waals surface area contributed by atoms with Gasteiger partial charge in [0.1, 0.15) is 11.6 Å². The number of carbonyl (C=O) groups excluding carboxylic acids is 1. The van der Waals surface area contributed by atoms with Gasteiger partial charge in [0.05, 0.1) is 6.54 Å². The topological polar surface area (TPSA) is 73.8 Å². The first-order valence-corrected chi connectivity index (χ1v) is 5.45. The number of rotatable bonds is 3. The molecule has 21 heavy (non-hydrogen) atoms. The number of amides is 1. The summed E-state index contributed by atoms with van der Waals surface area (Å²) in [5, 5.41) is 6.10. The third-order valence-electron chi connectivity index (χ3n) is 2.61. The van der Waals surface area contributed by atoms with Crippen molar-refractivity contribution in [3.8, 4) is 0 Å². The SMILES string of the molecule is NC(=O)c1nnn(Cc2c(F)cccc2F)c1C(F)(F)F. The van der Waals surface area contributed by atoms with Gasteiger partial charge >= 0.3 is 6.18 Å². The van der Waals surface area contributed by atoms with Crippen LogP contribution >= 0.6 is 0 Å². The predicted molar refractivity (Wildman–Crippen MR) is 59.0 cm³/mol. The fourth-order valence-electron chi connectivity index (χ4n) is 1.70. The second-order valence-corrected chi connectivity index (χ2v) is 4.01. The van der Waals surface area contributed by atoms with Crippen LogP contribution in [0.15, 0.2) is 18.2 Å². The average molecular weight is 306 g/mol. The van der Waals surface area contributed by atoms with Gasteiger partial charge in [-0.3, -0.25) is 4.79 Å². The van der Waals surface area contributed by atoms with E-state index in [-0.39, 0.29) is 4.68 Å². The number of hydrogen-bond donors (Lipinski definition) is 1. The van der Waals surface area contributed by atoms with E-state index in [9.17, 15) is 26.7 Å². The molecule has 2 N–H and O–H groups in total. The van der Waals surface area contributed by atoms with Crippen molar-refractivity contribution < 1.29 is 26.7 Å². The molecule has 2 rings (SSSR count). The van der Waals surface area contributed by atoms with Crippen molar-refractivity contribution in [2.45, 2.75) is 12.7 Å². The van der Waals surface area contributed by atoms with Gasteiger partial charge in [-0.25, -0.2) is 13.5 Å². The van der Waals surface area contributed by atoms with Crippen LogP contribution in [0.4, 0.5) is 22.0 Å². The lowest BCUT2D eigenvalue weighted by molar-refractivity contribution is -0.144. The molecule has 0 spiro atoms. The Morgan fingerprint density at radius 2 is 1.81 bits per heavy atom. The molecule has 0 fully saturated rings. The van der Waals surface area contributed by atoms with Gasteiger partial charge in [0.25, 0.3) is 5.91 Å². The van der Waals surface area contributed by atoms with E-state index < -0.39 is 47.2 Å². The Morgan fingerprint density at radius 3 is 2.29 bits per heavy atom. The zero-order chi connectivity index (χ0) is 15.8. The first-order chi connectivity index (χ1) is 9.71. The minimum Gasteiger partial charge on any atom is -0.364 e. The first-order valence-electron chi connectivity index (χ1n) is 5.45. The van der Waals surface area contributed by atoms with Crippen molar-refractivity contribution >= 4 is 5.91 Å². The summed E-state index contributed by atoms with van der Waals surface area (Å²) in [5.41, 5.74) is 1.47. The predicted octanol–water partition coefficient (Wildman–Crippen LogP) is 1.72. The summed E-state index contributed by atoms with van der Waals surface area (Å²) in [7, 11) is 0. The highest BCUT2D eigenvalue weighted by atomic mass is 19.4. The Morgan fingerprint density at radius 1 is 1.24 bits per heavy atom. The Balaban J connectivity index is 2.53. The number of halogens is 5. The molecule has 112 valence electrons. The number of alkyl halides is 3. The number of aromatic nitrogens is 3. The molecule has 2 aromatic rings. The molecule has 0 aliphatic rings. The number of carbonyl (C=O) groups is 1. The van der Waals surface area contributed by atoms with Crippen LogP contribution < -0.4 is 5.73 Å². The molecule has 0 atom stereocenters. The summed E-state index contributed by atoms with van der Waals surface area (Å²) in [6.45, 7) is -0.881. The lowest BCUT2D eigenvalue weighted by Gasteiger charge is -2.11. The number of hydrogen-bond acceptors (Lipinski definition) is 3. The molecule has 10 heteroatoms. The smallest absolute Gasteiger partial charge is 0.364 e. The number of benzene rings is 1. The summed E-state index contributed by atoms with van der Waals surface area (Å²) in [5.74, 6) is -3.53. The van der Waals surface area contributed by atoms with Crippen molar-refractivity contribution in [1.82, 2.24) is 15.0 Å². The van der Waals surface area contributed by atoms with Crippen molar-refractivity contribution in [3.63, 3.8) is 0 Å². The lowest BCUT2D eigenvalue weighted by atomic mass is 10.2. The molecule has 0 radical (unpaired) electrons. The fraction of sp³-hybridized carbons (Fsp3) is 0.182. The van der Waals surface area contributed by atoms with Crippen molar-refractivity contribution in [1.29, 1.82) is 0 Å². The monoisotopic (exact) mass is 306 g/mol. The molecule has 0 saturated heterocycles. The van der Waals surface area contributed by atoms with Crippen LogP contribution in [-0.4, -0.2) is 20.9 Å². The Hall–Kier alpha value is -2.52. The summed E-state index contributed by atoms with van der Waals surface area (Å²) in [6.07, 6.45) is -5.00. The third kappa shape index (κ3) is 2.83. The summed E-state index contributed by atoms with van der Waals surface area (Å²) < 4.78 is 65.8. The molecule has 1 heterocycles. The normalized spacial score (nSPS) is 11.7. The Labute approximate surface area is 114 Å². The van der Waals surface area contributed by atoms with E-state index in [4.69, 9.17) is 5.73 Å². The average Bonchev–Trinajstić information content (AvgIpc) is 2.77. The molecule has 1 aromatic carbocycles. The quantitative estimate of drug-likeness (QED) is 0.878. The van der Waals surface area contributed by atoms with E-state index in [0.29, 0.717) is 0 Å². The summed E-state index contributed by atoms with van der Waals surface area (Å²) in [4.78, 5) is 10.9. The molecule has 1 amide bonds. The molecule has 0 aliphatic heterocycles. The molecule has 0 bridgehead atoms. The van der Waals surface area contributed by atoms with E-state index >= 15 is 0 Å². The molecule has 0 aliphatic carbocycles. The highest BCUT2D eigenvalue weighted by Crippen LogP contribution is 2.31. The number of primary amides is 1. The maximum atomic E-state index is 13.5. The van der Waals surface area contributed by atoms with Gasteiger partial charge < -0.3 is 5.73 Å². The van der Waals surface area contributed by atoms with Crippen LogP contribution in [0.3, 0.4) is 0 Å².